The number of urea groups is 1. The Morgan fingerprint density at radius 2 is 1.87 bits per heavy atom. The van der Waals surface area contributed by atoms with E-state index in [4.69, 9.17) is 5.73 Å². The molecular formula is C15H27ClN4O3. The highest BCUT2D eigenvalue weighted by molar-refractivity contribution is 6.08. The van der Waals surface area contributed by atoms with Crippen molar-refractivity contribution in [1.82, 2.24) is 15.1 Å². The monoisotopic (exact) mass is 346 g/mol. The number of halogens is 1. The lowest BCUT2D eigenvalue weighted by molar-refractivity contribution is -0.137. The Balaban J connectivity index is 0.00000264. The van der Waals surface area contributed by atoms with Crippen LogP contribution in [-0.4, -0.2) is 59.9 Å². The number of amides is 4. The lowest BCUT2D eigenvalue weighted by Crippen LogP contribution is -2.49. The van der Waals surface area contributed by atoms with E-state index < -0.39 is 5.54 Å². The molecule has 0 aromatic rings. The van der Waals surface area contributed by atoms with E-state index in [9.17, 15) is 14.4 Å². The van der Waals surface area contributed by atoms with Crippen LogP contribution in [0, 0.1) is 0 Å². The molecule has 1 aliphatic heterocycles. The number of nitrogens with one attached hydrogen (secondary N) is 1. The Hall–Kier alpha value is -1.34. The highest BCUT2D eigenvalue weighted by atomic mass is 35.5. The summed E-state index contributed by atoms with van der Waals surface area (Å²) in [6.07, 6.45) is 6.02. The minimum absolute atomic E-state index is 0. The molecule has 0 unspecified atom stereocenters. The molecule has 132 valence electrons. The average Bonchev–Trinajstić information content (AvgIpc) is 2.69. The quantitative estimate of drug-likeness (QED) is 0.550. The lowest BCUT2D eigenvalue weighted by atomic mass is 9.81. The molecule has 3 N–H and O–H groups in total. The van der Waals surface area contributed by atoms with E-state index in [0.29, 0.717) is 25.9 Å². The van der Waals surface area contributed by atoms with Crippen LogP contribution in [0.1, 0.15) is 44.9 Å². The molecule has 2 rings (SSSR count). The Labute approximate surface area is 143 Å². The van der Waals surface area contributed by atoms with Gasteiger partial charge in [0.2, 0.25) is 5.91 Å². The summed E-state index contributed by atoms with van der Waals surface area (Å²) in [5.41, 5.74) is 4.68. The van der Waals surface area contributed by atoms with E-state index in [2.05, 4.69) is 5.32 Å². The molecule has 7 nitrogen and oxygen atoms in total. The maximum absolute atomic E-state index is 12.7. The number of carbonyl (C=O) groups is 3. The zero-order valence-electron chi connectivity index (χ0n) is 13.7. The van der Waals surface area contributed by atoms with Gasteiger partial charge in [0, 0.05) is 13.6 Å². The van der Waals surface area contributed by atoms with Crippen LogP contribution in [0.25, 0.3) is 0 Å². The van der Waals surface area contributed by atoms with E-state index in [1.807, 2.05) is 0 Å². The molecule has 8 heteroatoms. The summed E-state index contributed by atoms with van der Waals surface area (Å²) in [5.74, 6) is -0.503. The number of nitrogens with two attached hydrogens (primary N) is 1. The van der Waals surface area contributed by atoms with Gasteiger partial charge in [0.1, 0.15) is 12.1 Å². The molecule has 0 radical (unpaired) electrons. The zero-order valence-corrected chi connectivity index (χ0v) is 14.5. The average molecular weight is 347 g/mol. The van der Waals surface area contributed by atoms with Crippen LogP contribution in [0.15, 0.2) is 0 Å². The van der Waals surface area contributed by atoms with E-state index in [-0.39, 0.29) is 36.8 Å². The molecule has 1 saturated carbocycles. The number of likely N-dealkylation sites (N-methyl/N-ethyl adjacent to an activating group) is 1. The van der Waals surface area contributed by atoms with Crippen LogP contribution in [0.4, 0.5) is 4.79 Å². The van der Waals surface area contributed by atoms with Crippen LogP contribution in [0.2, 0.25) is 0 Å². The normalized spacial score (nSPS) is 19.9. The predicted molar refractivity (Wildman–Crippen MR) is 89.2 cm³/mol. The van der Waals surface area contributed by atoms with E-state index in [1.54, 1.807) is 7.05 Å². The fourth-order valence-electron chi connectivity index (χ4n) is 3.37. The van der Waals surface area contributed by atoms with Crippen molar-refractivity contribution in [2.24, 2.45) is 5.73 Å². The van der Waals surface area contributed by atoms with Crippen molar-refractivity contribution in [3.05, 3.63) is 0 Å². The van der Waals surface area contributed by atoms with Gasteiger partial charge in [-0.25, -0.2) is 4.79 Å². The predicted octanol–water partition coefficient (Wildman–Crippen LogP) is 0.860. The van der Waals surface area contributed by atoms with Gasteiger partial charge in [-0.15, -0.1) is 12.4 Å². The topological polar surface area (TPSA) is 95.7 Å². The van der Waals surface area contributed by atoms with Crippen molar-refractivity contribution in [1.29, 1.82) is 0 Å². The smallest absolute Gasteiger partial charge is 0.327 e. The minimum Gasteiger partial charge on any atom is -0.355 e. The summed E-state index contributed by atoms with van der Waals surface area (Å²) in [5, 5.41) is 2.73. The number of unbranched alkanes of at least 4 members (excludes halogenated alkanes) is 1. The number of carbonyl (C=O) groups excluding carboxylic acids is 3. The van der Waals surface area contributed by atoms with Gasteiger partial charge in [-0.3, -0.25) is 14.5 Å². The first-order chi connectivity index (χ1) is 10.5. The van der Waals surface area contributed by atoms with Gasteiger partial charge in [0.15, 0.2) is 0 Å². The highest BCUT2D eigenvalue weighted by Gasteiger charge is 2.55. The SMILES string of the molecule is CN1C(=O)N(CC(=O)NCCCCN)C(=O)C12CCCCC2.Cl. The van der Waals surface area contributed by atoms with Crippen LogP contribution in [-0.2, 0) is 9.59 Å². The molecule has 1 heterocycles. The maximum Gasteiger partial charge on any atom is 0.327 e. The van der Waals surface area contributed by atoms with E-state index in [1.165, 1.54) is 4.90 Å². The second-order valence-corrected chi connectivity index (χ2v) is 6.17. The Bertz CT molecular complexity index is 452. The molecule has 2 fully saturated rings. The Morgan fingerprint density at radius 1 is 1.22 bits per heavy atom. The first kappa shape index (κ1) is 19.7. The van der Waals surface area contributed by atoms with Crippen molar-refractivity contribution in [2.45, 2.75) is 50.5 Å². The number of hydrogen-bond donors (Lipinski definition) is 2. The van der Waals surface area contributed by atoms with Crippen LogP contribution >= 0.6 is 12.4 Å². The third-order valence-corrected chi connectivity index (χ3v) is 4.74. The summed E-state index contributed by atoms with van der Waals surface area (Å²) < 4.78 is 0. The van der Waals surface area contributed by atoms with Gasteiger partial charge in [-0.1, -0.05) is 19.3 Å². The first-order valence-corrected chi connectivity index (χ1v) is 8.09. The van der Waals surface area contributed by atoms with Crippen LogP contribution in [0.5, 0.6) is 0 Å². The van der Waals surface area contributed by atoms with Crippen molar-refractivity contribution in [3.8, 4) is 0 Å². The number of nitrogens with zero attached hydrogens (tertiary/aromatic N) is 2. The molecular weight excluding hydrogens is 320 g/mol. The van der Waals surface area contributed by atoms with Crippen molar-refractivity contribution < 1.29 is 14.4 Å². The van der Waals surface area contributed by atoms with Gasteiger partial charge in [-0.2, -0.15) is 0 Å². The molecule has 4 amide bonds. The summed E-state index contributed by atoms with van der Waals surface area (Å²) in [4.78, 5) is 39.6. The molecule has 0 aromatic heterocycles. The third-order valence-electron chi connectivity index (χ3n) is 4.74. The molecule has 0 atom stereocenters. The van der Waals surface area contributed by atoms with Gasteiger partial charge in [0.05, 0.1) is 0 Å². The summed E-state index contributed by atoms with van der Waals surface area (Å²) in [7, 11) is 1.67. The van der Waals surface area contributed by atoms with Gasteiger partial charge in [-0.05, 0) is 32.2 Å². The molecule has 1 saturated heterocycles. The highest BCUT2D eigenvalue weighted by Crippen LogP contribution is 2.39. The van der Waals surface area contributed by atoms with Gasteiger partial charge >= 0.3 is 6.03 Å². The summed E-state index contributed by atoms with van der Waals surface area (Å²) in [6, 6.07) is -0.357. The number of hydrogen-bond acceptors (Lipinski definition) is 4. The second-order valence-electron chi connectivity index (χ2n) is 6.17. The fraction of sp³-hybridized carbons (Fsp3) is 0.800. The standard InChI is InChI=1S/C15H26N4O3.ClH/c1-18-14(22)19(11-12(20)17-10-6-5-9-16)13(21)15(18)7-3-2-4-8-15;/h2-11,16H2,1H3,(H,17,20);1H. The van der Waals surface area contributed by atoms with Crippen molar-refractivity contribution in [2.75, 3.05) is 26.7 Å². The second kappa shape index (κ2) is 8.49. The molecule has 1 aliphatic carbocycles. The van der Waals surface area contributed by atoms with Crippen molar-refractivity contribution in [3.63, 3.8) is 0 Å². The zero-order chi connectivity index (χ0) is 16.2. The van der Waals surface area contributed by atoms with Gasteiger partial charge in [0.25, 0.3) is 5.91 Å². The Morgan fingerprint density at radius 3 is 2.48 bits per heavy atom. The molecule has 2 aliphatic rings. The lowest BCUT2D eigenvalue weighted by Gasteiger charge is -2.35. The molecule has 0 aromatic carbocycles. The van der Waals surface area contributed by atoms with Gasteiger partial charge < -0.3 is 16.0 Å². The first-order valence-electron chi connectivity index (χ1n) is 8.09. The molecule has 0 bridgehead atoms. The van der Waals surface area contributed by atoms with E-state index in [0.717, 1.165) is 37.0 Å². The molecule has 23 heavy (non-hydrogen) atoms. The number of rotatable bonds is 6. The Kier molecular flexibility index (Phi) is 7.28. The fourth-order valence-corrected chi connectivity index (χ4v) is 3.37. The van der Waals surface area contributed by atoms with E-state index >= 15 is 0 Å². The largest absolute Gasteiger partial charge is 0.355 e. The summed E-state index contributed by atoms with van der Waals surface area (Å²) >= 11 is 0. The van der Waals surface area contributed by atoms with Crippen LogP contribution in [0.3, 0.4) is 0 Å². The maximum atomic E-state index is 12.7. The minimum atomic E-state index is -0.713. The van der Waals surface area contributed by atoms with Crippen molar-refractivity contribution >= 4 is 30.3 Å². The number of imide groups is 1. The third kappa shape index (κ3) is 3.95. The molecule has 1 spiro atoms. The summed E-state index contributed by atoms with van der Waals surface area (Å²) in [6.45, 7) is 0.923. The van der Waals surface area contributed by atoms with Crippen LogP contribution < -0.4 is 11.1 Å².